The van der Waals surface area contributed by atoms with Gasteiger partial charge in [-0.2, -0.15) is 0 Å². The molecule has 0 spiro atoms. The van der Waals surface area contributed by atoms with Crippen LogP contribution in [0.3, 0.4) is 0 Å². The molecule has 164 valence electrons. The van der Waals surface area contributed by atoms with E-state index in [1.54, 1.807) is 24.3 Å². The highest BCUT2D eigenvalue weighted by molar-refractivity contribution is 7.22. The Labute approximate surface area is 195 Å². The quantitative estimate of drug-likeness (QED) is 0.240. The fourth-order valence-corrected chi connectivity index (χ4v) is 5.48. The number of rotatable bonds is 3. The van der Waals surface area contributed by atoms with E-state index in [-0.39, 0.29) is 11.3 Å². The largest absolute Gasteiger partial charge is 0.507 e. The van der Waals surface area contributed by atoms with Gasteiger partial charge in [-0.1, -0.05) is 77.6 Å². The van der Waals surface area contributed by atoms with Crippen molar-refractivity contribution in [2.75, 3.05) is 4.90 Å². The number of carbonyl (C=O) groups is 2. The van der Waals surface area contributed by atoms with E-state index in [0.717, 1.165) is 32.5 Å². The van der Waals surface area contributed by atoms with Gasteiger partial charge in [-0.3, -0.25) is 14.5 Å². The number of hydrogen-bond acceptors (Lipinski definition) is 5. The fraction of sp³-hybridized carbons (Fsp3) is 0.148. The van der Waals surface area contributed by atoms with Crippen molar-refractivity contribution in [3.63, 3.8) is 0 Å². The third-order valence-electron chi connectivity index (χ3n) is 5.91. The van der Waals surface area contributed by atoms with Crippen LogP contribution in [-0.4, -0.2) is 21.8 Å². The van der Waals surface area contributed by atoms with Crippen LogP contribution < -0.4 is 4.90 Å². The van der Waals surface area contributed by atoms with Gasteiger partial charge >= 0.3 is 5.91 Å². The second-order valence-corrected chi connectivity index (χ2v) is 9.38. The lowest BCUT2D eigenvalue weighted by molar-refractivity contribution is -0.132. The molecule has 3 aromatic carbocycles. The Bertz CT molecular complexity index is 1440. The van der Waals surface area contributed by atoms with Crippen molar-refractivity contribution >= 4 is 44.1 Å². The summed E-state index contributed by atoms with van der Waals surface area (Å²) in [5.74, 6) is -1.59. The van der Waals surface area contributed by atoms with Gasteiger partial charge in [-0.15, -0.1) is 0 Å². The molecular formula is C27H22N2O3S. The lowest BCUT2D eigenvalue weighted by Crippen LogP contribution is -2.29. The number of amides is 1. The number of Topliss-reactive ketones (excluding diaryl/α,β-unsaturated/α-hetero) is 1. The molecule has 1 unspecified atom stereocenters. The number of thiazole rings is 1. The maximum Gasteiger partial charge on any atom is 0.301 e. The average Bonchev–Trinajstić information content (AvgIpc) is 3.33. The van der Waals surface area contributed by atoms with Gasteiger partial charge in [-0.05, 0) is 43.5 Å². The topological polar surface area (TPSA) is 70.5 Å². The normalized spacial score (nSPS) is 17.8. The van der Waals surface area contributed by atoms with Crippen molar-refractivity contribution in [1.29, 1.82) is 0 Å². The number of nitrogens with zero attached hydrogens (tertiary/aromatic N) is 2. The Morgan fingerprint density at radius 3 is 2.33 bits per heavy atom. The summed E-state index contributed by atoms with van der Waals surface area (Å²) in [5.41, 5.74) is 5.30. The van der Waals surface area contributed by atoms with Crippen molar-refractivity contribution in [1.82, 2.24) is 4.98 Å². The van der Waals surface area contributed by atoms with Gasteiger partial charge in [-0.25, -0.2) is 4.98 Å². The number of carbonyl (C=O) groups excluding carboxylic acids is 2. The van der Waals surface area contributed by atoms with E-state index in [4.69, 9.17) is 4.98 Å². The highest BCUT2D eigenvalue weighted by Crippen LogP contribution is 2.44. The number of benzene rings is 3. The minimum absolute atomic E-state index is 0.0715. The molecule has 1 atom stereocenters. The van der Waals surface area contributed by atoms with Crippen LogP contribution in [0.1, 0.15) is 33.9 Å². The number of aromatic nitrogens is 1. The van der Waals surface area contributed by atoms with Crippen LogP contribution in [-0.2, 0) is 9.59 Å². The summed E-state index contributed by atoms with van der Waals surface area (Å²) in [4.78, 5) is 32.8. The number of ketones is 1. The molecule has 1 fully saturated rings. The molecule has 1 saturated heterocycles. The molecular weight excluding hydrogens is 432 g/mol. The molecule has 5 nitrogen and oxygen atoms in total. The molecule has 1 aromatic heterocycles. The second kappa shape index (κ2) is 7.98. The zero-order valence-corrected chi connectivity index (χ0v) is 19.3. The van der Waals surface area contributed by atoms with E-state index in [2.05, 4.69) is 0 Å². The van der Waals surface area contributed by atoms with Crippen molar-refractivity contribution in [3.05, 3.63) is 100 Å². The number of hydrogen-bond donors (Lipinski definition) is 1. The summed E-state index contributed by atoms with van der Waals surface area (Å²) in [5, 5.41) is 11.6. The van der Waals surface area contributed by atoms with Gasteiger partial charge in [0.15, 0.2) is 5.13 Å². The highest BCUT2D eigenvalue weighted by atomic mass is 32.1. The Morgan fingerprint density at radius 2 is 1.64 bits per heavy atom. The molecule has 1 aliphatic rings. The summed E-state index contributed by atoms with van der Waals surface area (Å²) < 4.78 is 0.954. The number of anilines is 1. The lowest BCUT2D eigenvalue weighted by atomic mass is 9.95. The van der Waals surface area contributed by atoms with Crippen LogP contribution in [0, 0.1) is 20.8 Å². The number of fused-ring (bicyclic) bond motifs is 1. The predicted molar refractivity (Wildman–Crippen MR) is 131 cm³/mol. The number of aryl methyl sites for hydroxylation is 3. The minimum atomic E-state index is -0.771. The van der Waals surface area contributed by atoms with Crippen LogP contribution in [0.2, 0.25) is 0 Å². The first-order valence-corrected chi connectivity index (χ1v) is 11.5. The summed E-state index contributed by atoms with van der Waals surface area (Å²) in [6, 6.07) is 19.8. The smallest absolute Gasteiger partial charge is 0.301 e. The number of aliphatic hydroxyl groups is 1. The first-order chi connectivity index (χ1) is 15.8. The molecule has 4 aromatic rings. The van der Waals surface area contributed by atoms with Gasteiger partial charge in [0.2, 0.25) is 0 Å². The molecule has 6 heteroatoms. The highest BCUT2D eigenvalue weighted by Gasteiger charge is 2.48. The number of aliphatic hydroxyl groups excluding tert-OH is 1. The lowest BCUT2D eigenvalue weighted by Gasteiger charge is -2.23. The predicted octanol–water partition coefficient (Wildman–Crippen LogP) is 5.85. The zero-order chi connectivity index (χ0) is 23.3. The third-order valence-corrected chi connectivity index (χ3v) is 6.91. The summed E-state index contributed by atoms with van der Waals surface area (Å²) in [7, 11) is 0. The van der Waals surface area contributed by atoms with E-state index < -0.39 is 17.7 Å². The molecule has 5 rings (SSSR count). The first kappa shape index (κ1) is 21.1. The Hall–Kier alpha value is -3.77. The minimum Gasteiger partial charge on any atom is -0.507 e. The Kier molecular flexibility index (Phi) is 5.10. The maximum absolute atomic E-state index is 13.3. The zero-order valence-electron chi connectivity index (χ0n) is 18.5. The molecule has 0 aliphatic carbocycles. The molecule has 33 heavy (non-hydrogen) atoms. The standard InChI is InChI=1S/C27H22N2O3S/c1-15-9-11-18(12-10-15)23-21(24(30)19-7-5-4-6-8-19)25(31)26(32)29(23)27-28-22-17(3)13-16(2)14-20(22)33-27/h4-14,23,30H,1-3H3/b24-21+. The molecule has 0 bridgehead atoms. The van der Waals surface area contributed by atoms with Crippen LogP contribution in [0.4, 0.5) is 5.13 Å². The fourth-order valence-electron chi connectivity index (χ4n) is 4.31. The van der Waals surface area contributed by atoms with E-state index >= 15 is 0 Å². The van der Waals surface area contributed by atoms with Crippen molar-refractivity contribution in [3.8, 4) is 0 Å². The van der Waals surface area contributed by atoms with E-state index in [9.17, 15) is 14.7 Å². The van der Waals surface area contributed by atoms with Gasteiger partial charge in [0, 0.05) is 5.56 Å². The maximum atomic E-state index is 13.3. The van der Waals surface area contributed by atoms with Crippen LogP contribution in [0.25, 0.3) is 16.0 Å². The van der Waals surface area contributed by atoms with E-state index in [1.807, 2.05) is 63.2 Å². The Morgan fingerprint density at radius 1 is 0.939 bits per heavy atom. The summed E-state index contributed by atoms with van der Waals surface area (Å²) in [6.07, 6.45) is 0. The first-order valence-electron chi connectivity index (χ1n) is 10.7. The second-order valence-electron chi connectivity index (χ2n) is 8.37. The monoisotopic (exact) mass is 454 g/mol. The van der Waals surface area contributed by atoms with Crippen molar-refractivity contribution < 1.29 is 14.7 Å². The third kappa shape index (κ3) is 3.52. The van der Waals surface area contributed by atoms with E-state index in [1.165, 1.54) is 16.2 Å². The van der Waals surface area contributed by atoms with Gasteiger partial charge in [0.25, 0.3) is 5.78 Å². The van der Waals surface area contributed by atoms with Crippen LogP contribution >= 0.6 is 11.3 Å². The van der Waals surface area contributed by atoms with Crippen molar-refractivity contribution in [2.45, 2.75) is 26.8 Å². The molecule has 0 radical (unpaired) electrons. The van der Waals surface area contributed by atoms with Gasteiger partial charge in [0.1, 0.15) is 5.76 Å². The summed E-state index contributed by atoms with van der Waals surface area (Å²) in [6.45, 7) is 5.98. The molecule has 0 saturated carbocycles. The SMILES string of the molecule is Cc1ccc(C2/C(=C(\O)c3ccccc3)C(=O)C(=O)N2c2nc3c(C)cc(C)cc3s2)cc1. The average molecular weight is 455 g/mol. The molecule has 1 amide bonds. The Balaban J connectivity index is 1.75. The van der Waals surface area contributed by atoms with Gasteiger partial charge in [0.05, 0.1) is 21.8 Å². The molecule has 1 aliphatic heterocycles. The van der Waals surface area contributed by atoms with Gasteiger partial charge < -0.3 is 5.11 Å². The molecule has 2 heterocycles. The van der Waals surface area contributed by atoms with Crippen LogP contribution in [0.15, 0.2) is 72.3 Å². The summed E-state index contributed by atoms with van der Waals surface area (Å²) >= 11 is 1.38. The van der Waals surface area contributed by atoms with E-state index in [0.29, 0.717) is 10.7 Å². The van der Waals surface area contributed by atoms with Crippen LogP contribution in [0.5, 0.6) is 0 Å². The van der Waals surface area contributed by atoms with Crippen molar-refractivity contribution in [2.24, 2.45) is 0 Å². The molecule has 1 N–H and O–H groups in total.